The molecule has 0 unspecified atom stereocenters. The topological polar surface area (TPSA) is 71.1 Å². The molecule has 0 bridgehead atoms. The average molecular weight is 509 g/mol. The molecule has 1 aromatic heterocycles. The van der Waals surface area contributed by atoms with Gasteiger partial charge in [0.15, 0.2) is 0 Å². The molecular formula is C25H20ClN3O2Se. The van der Waals surface area contributed by atoms with Crippen LogP contribution in [0.15, 0.2) is 79.0 Å². The van der Waals surface area contributed by atoms with Crippen molar-refractivity contribution in [2.75, 3.05) is 10.6 Å². The van der Waals surface area contributed by atoms with Crippen molar-refractivity contribution >= 4 is 48.3 Å². The summed E-state index contributed by atoms with van der Waals surface area (Å²) >= 11 is 5.79. The minimum atomic E-state index is -0.401. The van der Waals surface area contributed by atoms with Gasteiger partial charge in [-0.3, -0.25) is 0 Å². The molecular weight excluding hydrogens is 489 g/mol. The molecule has 0 spiro atoms. The SMILES string of the molecule is Cc1cccc(Cl)c1NC(=O)c1cnc(NC(=O)c2ccc(Cc3ccccc3)cc2)[se]1. The molecule has 160 valence electrons. The molecule has 0 fully saturated rings. The van der Waals surface area contributed by atoms with E-state index >= 15 is 0 Å². The van der Waals surface area contributed by atoms with Crippen LogP contribution in [0.4, 0.5) is 10.4 Å². The predicted molar refractivity (Wildman–Crippen MR) is 129 cm³/mol. The van der Waals surface area contributed by atoms with Crippen LogP contribution >= 0.6 is 11.6 Å². The molecule has 0 saturated heterocycles. The van der Waals surface area contributed by atoms with Gasteiger partial charge in [0, 0.05) is 0 Å². The van der Waals surface area contributed by atoms with Gasteiger partial charge < -0.3 is 0 Å². The first kappa shape index (κ1) is 22.0. The quantitative estimate of drug-likeness (QED) is 0.352. The van der Waals surface area contributed by atoms with Crippen molar-refractivity contribution in [2.24, 2.45) is 0 Å². The second-order valence-electron chi connectivity index (χ2n) is 7.23. The number of nitrogens with zero attached hydrogens (tertiary/aromatic N) is 1. The van der Waals surface area contributed by atoms with Crippen LogP contribution in [-0.2, 0) is 6.42 Å². The van der Waals surface area contributed by atoms with Gasteiger partial charge >= 0.3 is 198 Å². The van der Waals surface area contributed by atoms with Crippen molar-refractivity contribution in [1.29, 1.82) is 0 Å². The standard InChI is InChI=1S/C25H20ClN3O2Se/c1-16-6-5-9-20(26)22(16)28-24(31)21-15-27-25(32-21)29-23(30)19-12-10-18(11-13-19)14-17-7-3-2-4-8-17/h2-13,15H,14H2,1H3,(H,28,31)(H,27,29,30). The second-order valence-corrected chi connectivity index (χ2v) is 9.80. The third-order valence-corrected chi connectivity index (χ3v) is 7.11. The Hall–Kier alpha value is -3.18. The number of carbonyl (C=O) groups excluding carboxylic acids is 2. The van der Waals surface area contributed by atoms with Crippen molar-refractivity contribution in [3.05, 3.63) is 111 Å². The van der Waals surface area contributed by atoms with Gasteiger partial charge in [0.1, 0.15) is 0 Å². The van der Waals surface area contributed by atoms with E-state index in [1.165, 1.54) is 11.8 Å². The first-order valence-electron chi connectivity index (χ1n) is 9.96. The number of carbonyl (C=O) groups is 2. The van der Waals surface area contributed by atoms with E-state index in [0.29, 0.717) is 25.4 Å². The molecule has 1 heterocycles. The minimum absolute atomic E-state index is 0.242. The van der Waals surface area contributed by atoms with E-state index in [0.717, 1.165) is 17.5 Å². The van der Waals surface area contributed by atoms with Crippen LogP contribution in [-0.4, -0.2) is 31.3 Å². The van der Waals surface area contributed by atoms with Gasteiger partial charge in [-0.2, -0.15) is 0 Å². The maximum atomic E-state index is 12.6. The van der Waals surface area contributed by atoms with Gasteiger partial charge in [0.25, 0.3) is 0 Å². The molecule has 0 radical (unpaired) electrons. The molecule has 7 heteroatoms. The summed E-state index contributed by atoms with van der Waals surface area (Å²) < 4.78 is 1.02. The summed E-state index contributed by atoms with van der Waals surface area (Å²) in [5.41, 5.74) is 4.36. The Balaban J connectivity index is 1.38. The number of halogens is 1. The van der Waals surface area contributed by atoms with E-state index < -0.39 is 14.5 Å². The molecule has 2 amide bonds. The monoisotopic (exact) mass is 509 g/mol. The number of aromatic nitrogens is 1. The van der Waals surface area contributed by atoms with E-state index in [1.807, 2.05) is 49.4 Å². The molecule has 0 aliphatic rings. The van der Waals surface area contributed by atoms with Gasteiger partial charge in [0.2, 0.25) is 0 Å². The van der Waals surface area contributed by atoms with Crippen LogP contribution in [0.2, 0.25) is 5.02 Å². The molecule has 3 aromatic carbocycles. The van der Waals surface area contributed by atoms with Crippen LogP contribution in [0.5, 0.6) is 0 Å². The number of benzene rings is 3. The average Bonchev–Trinajstić information content (AvgIpc) is 3.26. The van der Waals surface area contributed by atoms with Gasteiger partial charge in [-0.05, 0) is 0 Å². The summed E-state index contributed by atoms with van der Waals surface area (Å²) in [6.45, 7) is 1.88. The Kier molecular flexibility index (Phi) is 6.86. The molecule has 32 heavy (non-hydrogen) atoms. The Labute approximate surface area is 197 Å². The van der Waals surface area contributed by atoms with Gasteiger partial charge in [0.05, 0.1) is 0 Å². The Morgan fingerprint density at radius 1 is 0.875 bits per heavy atom. The molecule has 0 atom stereocenters. The molecule has 0 aliphatic heterocycles. The first-order chi connectivity index (χ1) is 15.5. The summed E-state index contributed by atoms with van der Waals surface area (Å²) in [6.07, 6.45) is 2.31. The molecule has 2 N–H and O–H groups in total. The number of amides is 2. The number of para-hydroxylation sites is 1. The fourth-order valence-corrected chi connectivity index (χ4v) is 4.93. The van der Waals surface area contributed by atoms with Crippen LogP contribution in [0.1, 0.15) is 36.3 Å². The van der Waals surface area contributed by atoms with Crippen molar-refractivity contribution in [3.63, 3.8) is 0 Å². The van der Waals surface area contributed by atoms with Gasteiger partial charge in [-0.1, -0.05) is 0 Å². The molecule has 4 aromatic rings. The number of hydrogen-bond acceptors (Lipinski definition) is 3. The number of nitrogens with one attached hydrogen (secondary N) is 2. The zero-order valence-corrected chi connectivity index (χ0v) is 19.7. The van der Waals surface area contributed by atoms with Crippen molar-refractivity contribution in [1.82, 2.24) is 4.98 Å². The molecule has 5 nitrogen and oxygen atoms in total. The summed E-state index contributed by atoms with van der Waals surface area (Å²) in [4.78, 5) is 29.4. The van der Waals surface area contributed by atoms with E-state index in [4.69, 9.17) is 11.6 Å². The number of aryl methyl sites for hydroxylation is 1. The fourth-order valence-electron chi connectivity index (χ4n) is 3.18. The summed E-state index contributed by atoms with van der Waals surface area (Å²) in [6, 6.07) is 23.1. The summed E-state index contributed by atoms with van der Waals surface area (Å²) in [5.74, 6) is -0.506. The molecule has 0 aliphatic carbocycles. The van der Waals surface area contributed by atoms with Crippen LogP contribution in [0.3, 0.4) is 0 Å². The Morgan fingerprint density at radius 3 is 2.31 bits per heavy atom. The van der Waals surface area contributed by atoms with Gasteiger partial charge in [-0.25, -0.2) is 0 Å². The number of hydrogen-bond donors (Lipinski definition) is 2. The normalized spacial score (nSPS) is 10.6. The first-order valence-corrected chi connectivity index (χ1v) is 12.1. The number of rotatable bonds is 6. The third kappa shape index (κ3) is 5.35. The fraction of sp³-hybridized carbons (Fsp3) is 0.0800. The summed E-state index contributed by atoms with van der Waals surface area (Å²) in [5, 5.41) is 6.14. The Morgan fingerprint density at radius 2 is 1.59 bits per heavy atom. The molecule has 4 rings (SSSR count). The maximum absolute atomic E-state index is 12.6. The van der Waals surface area contributed by atoms with Crippen LogP contribution < -0.4 is 10.6 Å². The van der Waals surface area contributed by atoms with Gasteiger partial charge in [-0.15, -0.1) is 0 Å². The van der Waals surface area contributed by atoms with Crippen molar-refractivity contribution in [2.45, 2.75) is 13.3 Å². The van der Waals surface area contributed by atoms with Crippen molar-refractivity contribution in [3.8, 4) is 0 Å². The Bertz CT molecular complexity index is 1230. The van der Waals surface area contributed by atoms with Crippen molar-refractivity contribution < 1.29 is 9.59 Å². The van der Waals surface area contributed by atoms with E-state index in [9.17, 15) is 9.59 Å². The zero-order chi connectivity index (χ0) is 22.5. The molecule has 0 saturated carbocycles. The predicted octanol–water partition coefficient (Wildman–Crippen LogP) is 5.20. The third-order valence-electron chi connectivity index (χ3n) is 4.88. The van der Waals surface area contributed by atoms with E-state index in [1.54, 1.807) is 18.2 Å². The van der Waals surface area contributed by atoms with Crippen LogP contribution in [0.25, 0.3) is 0 Å². The zero-order valence-electron chi connectivity index (χ0n) is 17.3. The van der Waals surface area contributed by atoms with Crippen LogP contribution in [0, 0.1) is 6.92 Å². The van der Waals surface area contributed by atoms with E-state index in [2.05, 4.69) is 27.8 Å². The van der Waals surface area contributed by atoms with E-state index in [-0.39, 0.29) is 11.8 Å². The number of anilines is 2. The second kappa shape index (κ2) is 9.96. The summed E-state index contributed by atoms with van der Waals surface area (Å²) in [7, 11) is 0.